The van der Waals surface area contributed by atoms with Gasteiger partial charge in [0.05, 0.1) is 0 Å². The summed E-state index contributed by atoms with van der Waals surface area (Å²) in [6.07, 6.45) is 6.44. The van der Waals surface area contributed by atoms with Crippen LogP contribution in [0.25, 0.3) is 0 Å². The Bertz CT molecular complexity index is 94.6. The lowest BCUT2D eigenvalue weighted by molar-refractivity contribution is 0.828. The van der Waals surface area contributed by atoms with Crippen LogP contribution in [0.4, 0.5) is 0 Å². The number of thioether (sulfide) groups is 1. The molecule has 0 atom stereocenters. The van der Waals surface area contributed by atoms with Gasteiger partial charge in [-0.3, -0.25) is 0 Å². The predicted molar refractivity (Wildman–Crippen MR) is 40.1 cm³/mol. The fourth-order valence-electron chi connectivity index (χ4n) is 0.844. The van der Waals surface area contributed by atoms with Crippen LogP contribution in [0.2, 0.25) is 0 Å². The van der Waals surface area contributed by atoms with Gasteiger partial charge in [0.1, 0.15) is 0 Å². The normalized spacial score (nSPS) is 21.9. The zero-order chi connectivity index (χ0) is 5.82. The molecule has 0 saturated heterocycles. The topological polar surface area (TPSA) is 0 Å². The molecule has 0 fully saturated rings. The molecule has 0 spiro atoms. The Hall–Kier alpha value is 0.0900. The average Bonchev–Trinajstić information content (AvgIpc) is 1.94. The fraction of sp³-hybridized carbons (Fsp3) is 0.714. The quantitative estimate of drug-likeness (QED) is 0.483. The lowest BCUT2D eigenvalue weighted by Gasteiger charge is -1.91. The van der Waals surface area contributed by atoms with Crippen LogP contribution >= 0.6 is 11.8 Å². The molecule has 0 nitrogen and oxygen atoms in total. The molecule has 0 unspecified atom stereocenters. The van der Waals surface area contributed by atoms with Crippen LogP contribution in [0.1, 0.15) is 26.2 Å². The molecule has 1 rings (SSSR count). The minimum atomic E-state index is 1.30. The second kappa shape index (κ2) is 3.18. The molecule has 1 aliphatic heterocycles. The molecule has 0 aliphatic carbocycles. The van der Waals surface area contributed by atoms with E-state index in [2.05, 4.69) is 13.0 Å². The highest BCUT2D eigenvalue weighted by molar-refractivity contribution is 8.03. The molecule has 46 valence electrons. The van der Waals surface area contributed by atoms with E-state index < -0.39 is 0 Å². The molecule has 0 radical (unpaired) electrons. The zero-order valence-electron chi connectivity index (χ0n) is 5.31. The SMILES string of the molecule is CC1=CCCCCS1. The van der Waals surface area contributed by atoms with Crippen molar-refractivity contribution in [3.63, 3.8) is 0 Å². The zero-order valence-corrected chi connectivity index (χ0v) is 6.13. The van der Waals surface area contributed by atoms with Crippen molar-refractivity contribution in [3.8, 4) is 0 Å². The third-order valence-corrected chi connectivity index (χ3v) is 2.47. The molecule has 1 aliphatic rings. The van der Waals surface area contributed by atoms with Crippen molar-refractivity contribution < 1.29 is 0 Å². The first-order valence-electron chi connectivity index (χ1n) is 3.19. The van der Waals surface area contributed by atoms with Crippen molar-refractivity contribution in [1.29, 1.82) is 0 Å². The van der Waals surface area contributed by atoms with E-state index in [-0.39, 0.29) is 0 Å². The van der Waals surface area contributed by atoms with Crippen molar-refractivity contribution in [2.45, 2.75) is 26.2 Å². The maximum atomic E-state index is 2.34. The van der Waals surface area contributed by atoms with Gasteiger partial charge in [0.2, 0.25) is 0 Å². The van der Waals surface area contributed by atoms with Crippen LogP contribution in [-0.4, -0.2) is 5.75 Å². The molecule has 0 aromatic rings. The summed E-state index contributed by atoms with van der Waals surface area (Å²) in [5.41, 5.74) is 0. The van der Waals surface area contributed by atoms with Gasteiger partial charge in [-0.15, -0.1) is 11.8 Å². The second-order valence-electron chi connectivity index (χ2n) is 2.16. The summed E-state index contributed by atoms with van der Waals surface area (Å²) in [6, 6.07) is 0. The highest BCUT2D eigenvalue weighted by Gasteiger charge is 1.95. The summed E-state index contributed by atoms with van der Waals surface area (Å²) >= 11 is 2.00. The Labute approximate surface area is 55.4 Å². The van der Waals surface area contributed by atoms with Gasteiger partial charge in [-0.1, -0.05) is 6.08 Å². The van der Waals surface area contributed by atoms with Gasteiger partial charge in [-0.25, -0.2) is 0 Å². The van der Waals surface area contributed by atoms with Crippen LogP contribution in [0, 0.1) is 0 Å². The average molecular weight is 128 g/mol. The largest absolute Gasteiger partial charge is 0.131 e. The lowest BCUT2D eigenvalue weighted by atomic mass is 10.2. The van der Waals surface area contributed by atoms with E-state index in [1.807, 2.05) is 11.8 Å². The lowest BCUT2D eigenvalue weighted by Crippen LogP contribution is -1.72. The van der Waals surface area contributed by atoms with E-state index in [0.29, 0.717) is 0 Å². The Morgan fingerprint density at radius 3 is 3.25 bits per heavy atom. The minimum absolute atomic E-state index is 1.30. The first-order valence-corrected chi connectivity index (χ1v) is 4.18. The van der Waals surface area contributed by atoms with Crippen LogP contribution in [0.3, 0.4) is 0 Å². The number of allylic oxidation sites excluding steroid dienone is 2. The molecular formula is C7H12S. The summed E-state index contributed by atoms with van der Waals surface area (Å²) < 4.78 is 0. The molecule has 1 heterocycles. The monoisotopic (exact) mass is 128 g/mol. The molecule has 0 aromatic heterocycles. The number of rotatable bonds is 0. The summed E-state index contributed by atoms with van der Waals surface area (Å²) in [7, 11) is 0. The summed E-state index contributed by atoms with van der Waals surface area (Å²) in [4.78, 5) is 1.52. The van der Waals surface area contributed by atoms with Crippen LogP contribution in [0.5, 0.6) is 0 Å². The van der Waals surface area contributed by atoms with Crippen molar-refractivity contribution in [3.05, 3.63) is 11.0 Å². The van der Waals surface area contributed by atoms with Gasteiger partial charge in [-0.2, -0.15) is 0 Å². The fourth-order valence-corrected chi connectivity index (χ4v) is 1.75. The third-order valence-electron chi connectivity index (χ3n) is 1.36. The van der Waals surface area contributed by atoms with Crippen LogP contribution < -0.4 is 0 Å². The maximum absolute atomic E-state index is 2.34. The highest BCUT2D eigenvalue weighted by Crippen LogP contribution is 2.21. The van der Waals surface area contributed by atoms with Gasteiger partial charge in [-0.05, 0) is 36.8 Å². The maximum Gasteiger partial charge on any atom is -0.00233 e. The molecule has 0 N–H and O–H groups in total. The molecule has 0 amide bonds. The van der Waals surface area contributed by atoms with Gasteiger partial charge >= 0.3 is 0 Å². The van der Waals surface area contributed by atoms with E-state index in [4.69, 9.17) is 0 Å². The smallest absolute Gasteiger partial charge is 0.00233 e. The van der Waals surface area contributed by atoms with Gasteiger partial charge < -0.3 is 0 Å². The first kappa shape index (κ1) is 6.21. The second-order valence-corrected chi connectivity index (χ2v) is 3.50. The van der Waals surface area contributed by atoms with E-state index in [1.54, 1.807) is 0 Å². The molecular weight excluding hydrogens is 116 g/mol. The van der Waals surface area contributed by atoms with E-state index in [1.165, 1.54) is 29.9 Å². The summed E-state index contributed by atoms with van der Waals surface area (Å²) in [6.45, 7) is 2.20. The standard InChI is InChI=1S/C7H12S/c1-7-5-3-2-4-6-8-7/h5H,2-4,6H2,1H3. The third kappa shape index (κ3) is 1.91. The Kier molecular flexibility index (Phi) is 2.47. The van der Waals surface area contributed by atoms with Crippen molar-refractivity contribution in [1.82, 2.24) is 0 Å². The Morgan fingerprint density at radius 2 is 2.38 bits per heavy atom. The first-order chi connectivity index (χ1) is 3.89. The summed E-state index contributed by atoms with van der Waals surface area (Å²) in [5, 5.41) is 0. The highest BCUT2D eigenvalue weighted by atomic mass is 32.2. The molecule has 0 bridgehead atoms. The Balaban J connectivity index is 2.36. The van der Waals surface area contributed by atoms with Gasteiger partial charge in [0.15, 0.2) is 0 Å². The molecule has 0 aromatic carbocycles. The van der Waals surface area contributed by atoms with Crippen LogP contribution in [-0.2, 0) is 0 Å². The van der Waals surface area contributed by atoms with Gasteiger partial charge in [0, 0.05) is 0 Å². The van der Waals surface area contributed by atoms with E-state index in [9.17, 15) is 0 Å². The van der Waals surface area contributed by atoms with E-state index in [0.717, 1.165) is 0 Å². The minimum Gasteiger partial charge on any atom is -0.131 e. The van der Waals surface area contributed by atoms with Gasteiger partial charge in [0.25, 0.3) is 0 Å². The molecule has 8 heavy (non-hydrogen) atoms. The van der Waals surface area contributed by atoms with Crippen molar-refractivity contribution >= 4 is 11.8 Å². The summed E-state index contributed by atoms with van der Waals surface area (Å²) in [5.74, 6) is 1.34. The number of hydrogen-bond donors (Lipinski definition) is 0. The Morgan fingerprint density at radius 1 is 1.50 bits per heavy atom. The van der Waals surface area contributed by atoms with Crippen molar-refractivity contribution in [2.24, 2.45) is 0 Å². The van der Waals surface area contributed by atoms with Crippen LogP contribution in [0.15, 0.2) is 11.0 Å². The number of hydrogen-bond acceptors (Lipinski definition) is 1. The molecule has 1 heteroatoms. The predicted octanol–water partition coefficient (Wildman–Crippen LogP) is 2.81. The molecule has 0 saturated carbocycles. The van der Waals surface area contributed by atoms with E-state index >= 15 is 0 Å². The van der Waals surface area contributed by atoms with Crippen molar-refractivity contribution in [2.75, 3.05) is 5.75 Å².